The zero-order valence-electron chi connectivity index (χ0n) is 15.7. The number of hydrogen-bond acceptors (Lipinski definition) is 3. The molecule has 0 amide bonds. The minimum Gasteiger partial charge on any atom is -0.489 e. The van der Waals surface area contributed by atoms with Gasteiger partial charge in [0.1, 0.15) is 12.4 Å². The molecule has 134 valence electrons. The molecule has 0 aliphatic heterocycles. The van der Waals surface area contributed by atoms with Crippen LogP contribution in [0, 0.1) is 0 Å². The Kier molecular flexibility index (Phi) is 6.63. The Bertz CT molecular complexity index is 669. The molecule has 0 aliphatic rings. The van der Waals surface area contributed by atoms with Gasteiger partial charge in [-0.1, -0.05) is 57.2 Å². The van der Waals surface area contributed by atoms with Gasteiger partial charge >= 0.3 is 5.97 Å². The van der Waals surface area contributed by atoms with Crippen molar-refractivity contribution in [1.29, 1.82) is 0 Å². The third kappa shape index (κ3) is 5.63. The van der Waals surface area contributed by atoms with Crippen LogP contribution in [0.25, 0.3) is 0 Å². The van der Waals surface area contributed by atoms with Crippen molar-refractivity contribution in [2.45, 2.75) is 52.1 Å². The number of benzene rings is 2. The molecular formula is C22H28O3. The van der Waals surface area contributed by atoms with Gasteiger partial charge in [-0.05, 0) is 47.1 Å². The fraction of sp³-hybridized carbons (Fsp3) is 0.409. The normalized spacial score (nSPS) is 11.2. The summed E-state index contributed by atoms with van der Waals surface area (Å²) in [5.41, 5.74) is 3.82. The van der Waals surface area contributed by atoms with Crippen LogP contribution in [0.2, 0.25) is 0 Å². The minimum absolute atomic E-state index is 0.185. The molecule has 0 fully saturated rings. The number of methoxy groups -OCH3 is 1. The van der Waals surface area contributed by atoms with Gasteiger partial charge in [0.05, 0.1) is 7.11 Å². The van der Waals surface area contributed by atoms with Crippen molar-refractivity contribution in [1.82, 2.24) is 0 Å². The van der Waals surface area contributed by atoms with E-state index in [-0.39, 0.29) is 11.4 Å². The van der Waals surface area contributed by atoms with Gasteiger partial charge < -0.3 is 9.47 Å². The Morgan fingerprint density at radius 2 is 1.56 bits per heavy atom. The van der Waals surface area contributed by atoms with Crippen molar-refractivity contribution in [3.63, 3.8) is 0 Å². The number of rotatable bonds is 8. The van der Waals surface area contributed by atoms with Crippen molar-refractivity contribution in [3.05, 3.63) is 65.2 Å². The van der Waals surface area contributed by atoms with Gasteiger partial charge in [-0.3, -0.25) is 4.79 Å². The molecule has 0 saturated carbocycles. The minimum atomic E-state index is -0.185. The number of ether oxygens (including phenoxy) is 2. The van der Waals surface area contributed by atoms with Crippen LogP contribution >= 0.6 is 0 Å². The van der Waals surface area contributed by atoms with Gasteiger partial charge in [-0.25, -0.2) is 0 Å². The molecule has 0 aromatic heterocycles. The lowest BCUT2D eigenvalue weighted by Gasteiger charge is -2.23. The van der Waals surface area contributed by atoms with E-state index in [1.165, 1.54) is 12.7 Å². The summed E-state index contributed by atoms with van der Waals surface area (Å²) in [6.07, 6.45) is 2.20. The molecule has 0 bridgehead atoms. The molecular weight excluding hydrogens is 312 g/mol. The van der Waals surface area contributed by atoms with Gasteiger partial charge in [-0.2, -0.15) is 0 Å². The predicted molar refractivity (Wildman–Crippen MR) is 101 cm³/mol. The maximum atomic E-state index is 11.2. The summed E-state index contributed by atoms with van der Waals surface area (Å²) in [6, 6.07) is 16.5. The lowest BCUT2D eigenvalue weighted by atomic mass is 9.82. The van der Waals surface area contributed by atoms with E-state index in [1.54, 1.807) is 0 Å². The fourth-order valence-electron chi connectivity index (χ4n) is 2.52. The molecule has 0 spiro atoms. The van der Waals surface area contributed by atoms with E-state index in [9.17, 15) is 4.79 Å². The maximum Gasteiger partial charge on any atom is 0.305 e. The van der Waals surface area contributed by atoms with Gasteiger partial charge in [0, 0.05) is 6.42 Å². The van der Waals surface area contributed by atoms with Crippen LogP contribution in [0.5, 0.6) is 5.75 Å². The molecule has 2 aromatic rings. The predicted octanol–water partition coefficient (Wildman–Crippen LogP) is 5.06. The third-order valence-electron chi connectivity index (χ3n) is 4.79. The molecule has 25 heavy (non-hydrogen) atoms. The molecule has 2 rings (SSSR count). The Balaban J connectivity index is 1.88. The maximum absolute atomic E-state index is 11.2. The molecule has 0 unspecified atom stereocenters. The summed E-state index contributed by atoms with van der Waals surface area (Å²) in [5, 5.41) is 0. The van der Waals surface area contributed by atoms with Crippen LogP contribution < -0.4 is 4.74 Å². The molecule has 0 heterocycles. The summed E-state index contributed by atoms with van der Waals surface area (Å²) in [5.74, 6) is 0.648. The van der Waals surface area contributed by atoms with E-state index >= 15 is 0 Å². The highest BCUT2D eigenvalue weighted by Crippen LogP contribution is 2.26. The van der Waals surface area contributed by atoms with E-state index in [4.69, 9.17) is 4.74 Å². The Morgan fingerprint density at radius 1 is 0.960 bits per heavy atom. The molecule has 0 atom stereocenters. The number of esters is 1. The lowest BCUT2D eigenvalue weighted by molar-refractivity contribution is -0.140. The van der Waals surface area contributed by atoms with Gasteiger partial charge in [-0.15, -0.1) is 0 Å². The molecule has 2 aromatic carbocycles. The van der Waals surface area contributed by atoms with Crippen molar-refractivity contribution in [2.75, 3.05) is 7.11 Å². The highest BCUT2D eigenvalue weighted by Gasteiger charge is 2.17. The summed E-state index contributed by atoms with van der Waals surface area (Å²) in [6.45, 7) is 7.29. The smallest absolute Gasteiger partial charge is 0.305 e. The van der Waals surface area contributed by atoms with Gasteiger partial charge in [0.2, 0.25) is 0 Å². The summed E-state index contributed by atoms with van der Waals surface area (Å²) in [7, 11) is 1.41. The second kappa shape index (κ2) is 8.70. The van der Waals surface area contributed by atoms with Crippen molar-refractivity contribution < 1.29 is 14.3 Å². The highest BCUT2D eigenvalue weighted by molar-refractivity contribution is 5.69. The number of aryl methyl sites for hydroxylation is 1. The standard InChI is InChI=1S/C22H28O3/c1-5-22(2,3)19-11-6-18(7-12-19)16-25-20-13-8-17(9-14-20)10-15-21(23)24-4/h6-9,11-14H,5,10,15-16H2,1-4H3. The van der Waals surface area contributed by atoms with Crippen LogP contribution in [-0.4, -0.2) is 13.1 Å². The first-order valence-electron chi connectivity index (χ1n) is 8.82. The first-order chi connectivity index (χ1) is 11.9. The van der Waals surface area contributed by atoms with Crippen LogP contribution in [0.15, 0.2) is 48.5 Å². The van der Waals surface area contributed by atoms with E-state index in [0.717, 1.165) is 23.3 Å². The molecule has 0 radical (unpaired) electrons. The monoisotopic (exact) mass is 340 g/mol. The molecule has 0 N–H and O–H groups in total. The SMILES string of the molecule is CCC(C)(C)c1ccc(COc2ccc(CCC(=O)OC)cc2)cc1. The topological polar surface area (TPSA) is 35.5 Å². The van der Waals surface area contributed by atoms with Crippen molar-refractivity contribution >= 4 is 5.97 Å². The van der Waals surface area contributed by atoms with Gasteiger partial charge in [0.15, 0.2) is 0 Å². The fourth-order valence-corrected chi connectivity index (χ4v) is 2.52. The lowest BCUT2D eigenvalue weighted by Crippen LogP contribution is -2.15. The molecule has 3 heteroatoms. The second-order valence-electron chi connectivity index (χ2n) is 6.94. The summed E-state index contributed by atoms with van der Waals surface area (Å²) < 4.78 is 10.5. The highest BCUT2D eigenvalue weighted by atomic mass is 16.5. The van der Waals surface area contributed by atoms with E-state index < -0.39 is 0 Å². The first-order valence-corrected chi connectivity index (χ1v) is 8.82. The summed E-state index contributed by atoms with van der Waals surface area (Å²) in [4.78, 5) is 11.2. The zero-order chi connectivity index (χ0) is 18.3. The van der Waals surface area contributed by atoms with Crippen molar-refractivity contribution in [3.8, 4) is 5.75 Å². The number of hydrogen-bond donors (Lipinski definition) is 0. The second-order valence-corrected chi connectivity index (χ2v) is 6.94. The Hall–Kier alpha value is -2.29. The molecule has 0 aliphatic carbocycles. The quantitative estimate of drug-likeness (QED) is 0.630. The number of carbonyl (C=O) groups excluding carboxylic acids is 1. The molecule has 3 nitrogen and oxygen atoms in total. The average Bonchev–Trinajstić information content (AvgIpc) is 2.65. The Labute approximate surface area is 151 Å². The zero-order valence-corrected chi connectivity index (χ0v) is 15.7. The van der Waals surface area contributed by atoms with Crippen LogP contribution in [0.1, 0.15) is 50.3 Å². The molecule has 0 saturated heterocycles. The third-order valence-corrected chi connectivity index (χ3v) is 4.79. The van der Waals surface area contributed by atoms with E-state index in [1.807, 2.05) is 24.3 Å². The van der Waals surface area contributed by atoms with E-state index in [0.29, 0.717) is 19.4 Å². The van der Waals surface area contributed by atoms with Crippen molar-refractivity contribution in [2.24, 2.45) is 0 Å². The van der Waals surface area contributed by atoms with Crippen LogP contribution in [-0.2, 0) is 28.0 Å². The van der Waals surface area contributed by atoms with E-state index in [2.05, 4.69) is 49.8 Å². The Morgan fingerprint density at radius 3 is 2.12 bits per heavy atom. The van der Waals surface area contributed by atoms with Gasteiger partial charge in [0.25, 0.3) is 0 Å². The van der Waals surface area contributed by atoms with Crippen LogP contribution in [0.4, 0.5) is 0 Å². The first kappa shape index (κ1) is 19.0. The average molecular weight is 340 g/mol. The summed E-state index contributed by atoms with van der Waals surface area (Å²) >= 11 is 0. The largest absolute Gasteiger partial charge is 0.489 e. The number of carbonyl (C=O) groups is 1. The van der Waals surface area contributed by atoms with Crippen LogP contribution in [0.3, 0.4) is 0 Å².